The molecule has 0 saturated heterocycles. The predicted molar refractivity (Wildman–Crippen MR) is 49.8 cm³/mol. The van der Waals surface area contributed by atoms with Gasteiger partial charge in [-0.25, -0.2) is 0 Å². The lowest BCUT2D eigenvalue weighted by Crippen LogP contribution is -1.96. The second-order valence-corrected chi connectivity index (χ2v) is 2.47. The predicted octanol–water partition coefficient (Wildman–Crippen LogP) is 2.46. The van der Waals surface area contributed by atoms with Crippen LogP contribution in [0.15, 0.2) is 24.8 Å². The second-order valence-electron chi connectivity index (χ2n) is 2.47. The fourth-order valence-corrected chi connectivity index (χ4v) is 0.761. The monoisotopic (exact) mass is 168 g/mol. The number of hydrogen-bond acceptors (Lipinski definition) is 2. The molecule has 0 saturated carbocycles. The number of esters is 1. The number of methoxy groups -OCH3 is 1. The van der Waals surface area contributed by atoms with Crippen molar-refractivity contribution in [1.82, 2.24) is 0 Å². The van der Waals surface area contributed by atoms with Crippen LogP contribution in [0.3, 0.4) is 0 Å². The normalized spacial score (nSPS) is 10.1. The number of carbonyl (C=O) groups is 1. The maximum absolute atomic E-state index is 10.6. The van der Waals surface area contributed by atoms with Crippen LogP contribution in [0.1, 0.15) is 25.7 Å². The van der Waals surface area contributed by atoms with E-state index in [1.165, 1.54) is 7.11 Å². The van der Waals surface area contributed by atoms with Crippen LogP contribution < -0.4 is 0 Å². The number of rotatable bonds is 6. The topological polar surface area (TPSA) is 26.3 Å². The molecule has 0 amide bonds. The molecule has 0 spiro atoms. The molecule has 0 bridgehead atoms. The van der Waals surface area contributed by atoms with E-state index in [1.54, 1.807) is 0 Å². The first kappa shape index (κ1) is 11.0. The SMILES string of the molecule is C=CCCCC=CCC(=O)OC. The van der Waals surface area contributed by atoms with Gasteiger partial charge in [0.1, 0.15) is 0 Å². The van der Waals surface area contributed by atoms with Gasteiger partial charge in [-0.05, 0) is 19.3 Å². The molecule has 68 valence electrons. The van der Waals surface area contributed by atoms with Gasteiger partial charge in [-0.1, -0.05) is 18.2 Å². The van der Waals surface area contributed by atoms with Crippen molar-refractivity contribution in [2.75, 3.05) is 7.11 Å². The Morgan fingerprint density at radius 2 is 2.17 bits per heavy atom. The first-order valence-corrected chi connectivity index (χ1v) is 4.14. The van der Waals surface area contributed by atoms with Gasteiger partial charge in [0.05, 0.1) is 13.5 Å². The van der Waals surface area contributed by atoms with Crippen molar-refractivity contribution in [1.29, 1.82) is 0 Å². The Labute approximate surface area is 73.9 Å². The van der Waals surface area contributed by atoms with E-state index in [4.69, 9.17) is 0 Å². The fraction of sp³-hybridized carbons (Fsp3) is 0.500. The van der Waals surface area contributed by atoms with Crippen LogP contribution in [-0.2, 0) is 9.53 Å². The molecule has 12 heavy (non-hydrogen) atoms. The minimum Gasteiger partial charge on any atom is -0.469 e. The van der Waals surface area contributed by atoms with Gasteiger partial charge in [0, 0.05) is 0 Å². The molecule has 0 aliphatic heterocycles. The second kappa shape index (κ2) is 8.05. The van der Waals surface area contributed by atoms with Crippen molar-refractivity contribution in [3.8, 4) is 0 Å². The number of hydrogen-bond donors (Lipinski definition) is 0. The Kier molecular flexibility index (Phi) is 7.35. The number of carbonyl (C=O) groups excluding carboxylic acids is 1. The smallest absolute Gasteiger partial charge is 0.309 e. The largest absolute Gasteiger partial charge is 0.469 e. The van der Waals surface area contributed by atoms with Crippen LogP contribution in [0.4, 0.5) is 0 Å². The highest BCUT2D eigenvalue weighted by Gasteiger charge is 1.92. The zero-order valence-electron chi connectivity index (χ0n) is 7.58. The van der Waals surface area contributed by atoms with E-state index in [1.807, 2.05) is 18.2 Å². The molecule has 0 heterocycles. The minimum absolute atomic E-state index is 0.185. The Balaban J connectivity index is 3.25. The van der Waals surface area contributed by atoms with Gasteiger partial charge >= 0.3 is 5.97 Å². The maximum Gasteiger partial charge on any atom is 0.309 e. The van der Waals surface area contributed by atoms with Crippen LogP contribution in [-0.4, -0.2) is 13.1 Å². The lowest BCUT2D eigenvalue weighted by molar-refractivity contribution is -0.139. The Hall–Kier alpha value is -1.05. The van der Waals surface area contributed by atoms with E-state index < -0.39 is 0 Å². The molecule has 0 aliphatic carbocycles. The van der Waals surface area contributed by atoms with Crippen molar-refractivity contribution >= 4 is 5.97 Å². The molecule has 0 atom stereocenters. The maximum atomic E-state index is 10.6. The van der Waals surface area contributed by atoms with Gasteiger partial charge in [0.2, 0.25) is 0 Å². The van der Waals surface area contributed by atoms with Crippen molar-refractivity contribution in [2.24, 2.45) is 0 Å². The van der Waals surface area contributed by atoms with Crippen LogP contribution in [0.25, 0.3) is 0 Å². The Morgan fingerprint density at radius 3 is 2.75 bits per heavy atom. The molecule has 2 heteroatoms. The molecule has 0 aromatic carbocycles. The molecular formula is C10H16O2. The van der Waals surface area contributed by atoms with Crippen molar-refractivity contribution in [3.63, 3.8) is 0 Å². The third-order valence-corrected chi connectivity index (χ3v) is 1.46. The summed E-state index contributed by atoms with van der Waals surface area (Å²) in [7, 11) is 1.40. The van der Waals surface area contributed by atoms with Crippen LogP contribution in [0, 0.1) is 0 Å². The highest BCUT2D eigenvalue weighted by atomic mass is 16.5. The summed E-state index contributed by atoms with van der Waals surface area (Å²) >= 11 is 0. The molecule has 0 fully saturated rings. The average Bonchev–Trinajstić information content (AvgIpc) is 2.10. The van der Waals surface area contributed by atoms with E-state index in [0.717, 1.165) is 19.3 Å². The van der Waals surface area contributed by atoms with Crippen LogP contribution in [0.5, 0.6) is 0 Å². The summed E-state index contributed by atoms with van der Waals surface area (Å²) in [6.07, 6.45) is 9.25. The zero-order chi connectivity index (χ0) is 9.23. The first-order valence-electron chi connectivity index (χ1n) is 4.14. The molecular weight excluding hydrogens is 152 g/mol. The van der Waals surface area contributed by atoms with Gasteiger partial charge < -0.3 is 4.74 Å². The minimum atomic E-state index is -0.185. The molecule has 0 unspecified atom stereocenters. The van der Waals surface area contributed by atoms with Crippen molar-refractivity contribution < 1.29 is 9.53 Å². The van der Waals surface area contributed by atoms with Gasteiger partial charge in [-0.15, -0.1) is 6.58 Å². The molecule has 0 aromatic heterocycles. The Bertz CT molecular complexity index is 159. The van der Waals surface area contributed by atoms with E-state index >= 15 is 0 Å². The average molecular weight is 168 g/mol. The molecule has 0 aliphatic rings. The summed E-state index contributed by atoms with van der Waals surface area (Å²) in [6.45, 7) is 3.62. The van der Waals surface area contributed by atoms with Crippen molar-refractivity contribution in [2.45, 2.75) is 25.7 Å². The van der Waals surface area contributed by atoms with E-state index in [0.29, 0.717) is 6.42 Å². The van der Waals surface area contributed by atoms with E-state index in [2.05, 4.69) is 11.3 Å². The first-order chi connectivity index (χ1) is 5.81. The summed E-state index contributed by atoms with van der Waals surface area (Å²) < 4.78 is 4.47. The summed E-state index contributed by atoms with van der Waals surface area (Å²) in [5.74, 6) is -0.185. The molecule has 0 radical (unpaired) electrons. The van der Waals surface area contributed by atoms with E-state index in [-0.39, 0.29) is 5.97 Å². The number of ether oxygens (including phenoxy) is 1. The molecule has 0 aromatic rings. The van der Waals surface area contributed by atoms with Crippen molar-refractivity contribution in [3.05, 3.63) is 24.8 Å². The van der Waals surface area contributed by atoms with Crippen LogP contribution >= 0.6 is 0 Å². The quantitative estimate of drug-likeness (QED) is 0.346. The fourth-order valence-electron chi connectivity index (χ4n) is 0.761. The molecule has 0 rings (SSSR count). The van der Waals surface area contributed by atoms with Crippen LogP contribution in [0.2, 0.25) is 0 Å². The molecule has 2 nitrogen and oxygen atoms in total. The summed E-state index contributed by atoms with van der Waals surface area (Å²) in [6, 6.07) is 0. The van der Waals surface area contributed by atoms with Gasteiger partial charge in [0.15, 0.2) is 0 Å². The standard InChI is InChI=1S/C10H16O2/c1-3-4-5-6-7-8-9-10(11)12-2/h3,7-8H,1,4-6,9H2,2H3. The summed E-state index contributed by atoms with van der Waals surface area (Å²) in [4.78, 5) is 10.6. The number of allylic oxidation sites excluding steroid dienone is 2. The highest BCUT2D eigenvalue weighted by molar-refractivity contribution is 5.70. The lowest BCUT2D eigenvalue weighted by atomic mass is 10.2. The van der Waals surface area contributed by atoms with Gasteiger partial charge in [0.25, 0.3) is 0 Å². The Morgan fingerprint density at radius 1 is 1.42 bits per heavy atom. The third kappa shape index (κ3) is 7.06. The van der Waals surface area contributed by atoms with Gasteiger partial charge in [-0.3, -0.25) is 4.79 Å². The van der Waals surface area contributed by atoms with Gasteiger partial charge in [-0.2, -0.15) is 0 Å². The molecule has 0 N–H and O–H groups in total. The summed E-state index contributed by atoms with van der Waals surface area (Å²) in [5, 5.41) is 0. The zero-order valence-corrected chi connectivity index (χ0v) is 7.58. The highest BCUT2D eigenvalue weighted by Crippen LogP contribution is 1.97. The third-order valence-electron chi connectivity index (χ3n) is 1.46. The lowest BCUT2D eigenvalue weighted by Gasteiger charge is -1.92. The van der Waals surface area contributed by atoms with E-state index in [9.17, 15) is 4.79 Å². The number of unbranched alkanes of at least 4 members (excludes halogenated alkanes) is 2. The summed E-state index contributed by atoms with van der Waals surface area (Å²) in [5.41, 5.74) is 0.